The van der Waals surface area contributed by atoms with Crippen LogP contribution in [0.25, 0.3) is 0 Å². The van der Waals surface area contributed by atoms with Crippen LogP contribution >= 0.6 is 0 Å². The minimum absolute atomic E-state index is 0.154. The normalized spacial score (nSPS) is 16.2. The van der Waals surface area contributed by atoms with Gasteiger partial charge in [0.2, 0.25) is 6.79 Å². The molecule has 0 fully saturated rings. The first-order chi connectivity index (χ1) is 11.7. The largest absolute Gasteiger partial charge is 0.491 e. The third kappa shape index (κ3) is 2.97. The molecule has 1 N–H and O–H groups in total. The Hall–Kier alpha value is -2.47. The lowest BCUT2D eigenvalue weighted by atomic mass is 10.2. The van der Waals surface area contributed by atoms with Gasteiger partial charge in [0.05, 0.1) is 0 Å². The minimum atomic E-state index is -0.676. The van der Waals surface area contributed by atoms with Crippen LogP contribution in [0.1, 0.15) is 5.56 Å². The van der Waals surface area contributed by atoms with Crippen molar-refractivity contribution >= 4 is 5.69 Å². The van der Waals surface area contributed by atoms with Crippen molar-refractivity contribution in [2.45, 2.75) is 12.5 Å². The molecular formula is C18H18FNO4. The van der Waals surface area contributed by atoms with E-state index in [0.29, 0.717) is 23.8 Å². The summed E-state index contributed by atoms with van der Waals surface area (Å²) in [5, 5.41) is 10.2. The lowest BCUT2D eigenvalue weighted by Gasteiger charge is -2.23. The minimum Gasteiger partial charge on any atom is -0.491 e. The Morgan fingerprint density at radius 1 is 1.17 bits per heavy atom. The number of aliphatic hydroxyl groups is 1. The Bertz CT molecular complexity index is 752. The van der Waals surface area contributed by atoms with Crippen LogP contribution in [-0.2, 0) is 6.42 Å². The smallest absolute Gasteiger partial charge is 0.231 e. The first-order valence-corrected chi connectivity index (χ1v) is 7.93. The maximum atomic E-state index is 13.4. The highest BCUT2D eigenvalue weighted by Crippen LogP contribution is 2.35. The van der Waals surface area contributed by atoms with Crippen LogP contribution in [0.5, 0.6) is 17.2 Å². The third-order valence-electron chi connectivity index (χ3n) is 4.26. The number of hydrogen-bond acceptors (Lipinski definition) is 5. The van der Waals surface area contributed by atoms with Gasteiger partial charge in [0.25, 0.3) is 0 Å². The molecule has 0 aromatic heterocycles. The monoisotopic (exact) mass is 331 g/mol. The second-order valence-corrected chi connectivity index (χ2v) is 5.95. The first kappa shape index (κ1) is 15.1. The summed E-state index contributed by atoms with van der Waals surface area (Å²) in [4.78, 5) is 1.99. The summed E-state index contributed by atoms with van der Waals surface area (Å²) in [5.74, 6) is 1.70. The number of nitrogens with zero attached hydrogens (tertiary/aromatic N) is 1. The van der Waals surface area contributed by atoms with E-state index in [-0.39, 0.29) is 19.2 Å². The van der Waals surface area contributed by atoms with E-state index < -0.39 is 6.10 Å². The van der Waals surface area contributed by atoms with Gasteiger partial charge in [0.15, 0.2) is 11.5 Å². The van der Waals surface area contributed by atoms with Crippen LogP contribution in [0.2, 0.25) is 0 Å². The number of rotatable bonds is 5. The lowest BCUT2D eigenvalue weighted by Crippen LogP contribution is -2.34. The van der Waals surface area contributed by atoms with Gasteiger partial charge < -0.3 is 24.2 Å². The molecule has 2 heterocycles. The number of aliphatic hydroxyl groups excluding tert-OH is 1. The van der Waals surface area contributed by atoms with Crippen LogP contribution in [0.4, 0.5) is 10.1 Å². The number of benzene rings is 2. The highest BCUT2D eigenvalue weighted by molar-refractivity contribution is 5.58. The SMILES string of the molecule is O[C@H](COc1ccc2c(c1)OCO2)CN1CCc2ccc(F)cc21. The summed E-state index contributed by atoms with van der Waals surface area (Å²) in [6, 6.07) is 10.1. The highest BCUT2D eigenvalue weighted by Gasteiger charge is 2.22. The van der Waals surface area contributed by atoms with Crippen molar-refractivity contribution in [1.82, 2.24) is 0 Å². The summed E-state index contributed by atoms with van der Waals surface area (Å²) in [5.41, 5.74) is 1.97. The predicted molar refractivity (Wildman–Crippen MR) is 86.4 cm³/mol. The van der Waals surface area contributed by atoms with Crippen LogP contribution in [0, 0.1) is 5.82 Å². The Morgan fingerprint density at radius 3 is 2.96 bits per heavy atom. The Morgan fingerprint density at radius 2 is 2.04 bits per heavy atom. The standard InChI is InChI=1S/C18H18FNO4/c19-13-2-1-12-5-6-20(16(12)7-13)9-14(21)10-22-15-3-4-17-18(8-15)24-11-23-17/h1-4,7-8,14,21H,5-6,9-11H2/t14-/m0/s1. The van der Waals surface area contributed by atoms with Crippen molar-refractivity contribution in [3.8, 4) is 17.2 Å². The molecule has 126 valence electrons. The van der Waals surface area contributed by atoms with Crippen molar-refractivity contribution in [2.24, 2.45) is 0 Å². The number of fused-ring (bicyclic) bond motifs is 2. The summed E-state index contributed by atoms with van der Waals surface area (Å²) in [6.07, 6.45) is 0.190. The Kier molecular flexibility index (Phi) is 3.90. The molecule has 6 heteroatoms. The van der Waals surface area contributed by atoms with E-state index in [4.69, 9.17) is 14.2 Å². The van der Waals surface area contributed by atoms with Gasteiger partial charge in [-0.15, -0.1) is 0 Å². The number of hydrogen-bond donors (Lipinski definition) is 1. The van der Waals surface area contributed by atoms with E-state index in [0.717, 1.165) is 24.2 Å². The van der Waals surface area contributed by atoms with Gasteiger partial charge in [-0.05, 0) is 36.2 Å². The van der Waals surface area contributed by atoms with Gasteiger partial charge in [-0.1, -0.05) is 6.07 Å². The predicted octanol–water partition coefficient (Wildman–Crippen LogP) is 2.36. The number of β-amino-alcohol motifs (C(OH)–C–C–N with tert-alkyl or cyclic N) is 1. The zero-order chi connectivity index (χ0) is 16.5. The summed E-state index contributed by atoms with van der Waals surface area (Å²) >= 11 is 0. The molecule has 0 unspecified atom stereocenters. The van der Waals surface area contributed by atoms with Gasteiger partial charge in [-0.2, -0.15) is 0 Å². The molecule has 0 bridgehead atoms. The van der Waals surface area contributed by atoms with Crippen LogP contribution < -0.4 is 19.1 Å². The molecule has 5 nitrogen and oxygen atoms in total. The molecule has 0 spiro atoms. The van der Waals surface area contributed by atoms with Gasteiger partial charge in [-0.25, -0.2) is 4.39 Å². The van der Waals surface area contributed by atoms with Crippen molar-refractivity contribution < 1.29 is 23.7 Å². The van der Waals surface area contributed by atoms with Crippen LogP contribution in [-0.4, -0.2) is 37.7 Å². The molecule has 4 rings (SSSR count). The number of ether oxygens (including phenoxy) is 3. The van der Waals surface area contributed by atoms with E-state index in [1.807, 2.05) is 4.90 Å². The van der Waals surface area contributed by atoms with Gasteiger partial charge in [0, 0.05) is 24.8 Å². The molecule has 0 aliphatic carbocycles. The highest BCUT2D eigenvalue weighted by atomic mass is 19.1. The summed E-state index contributed by atoms with van der Waals surface area (Å²) in [6.45, 7) is 1.55. The zero-order valence-electron chi connectivity index (χ0n) is 13.1. The molecule has 2 aromatic carbocycles. The maximum Gasteiger partial charge on any atom is 0.231 e. The molecular weight excluding hydrogens is 313 g/mol. The quantitative estimate of drug-likeness (QED) is 0.911. The molecule has 0 radical (unpaired) electrons. The Balaban J connectivity index is 1.35. The van der Waals surface area contributed by atoms with Crippen molar-refractivity contribution in [1.29, 1.82) is 0 Å². The topological polar surface area (TPSA) is 51.2 Å². The van der Waals surface area contributed by atoms with Crippen molar-refractivity contribution in [3.63, 3.8) is 0 Å². The zero-order valence-corrected chi connectivity index (χ0v) is 13.1. The van der Waals surface area contributed by atoms with Crippen LogP contribution in [0.15, 0.2) is 36.4 Å². The van der Waals surface area contributed by atoms with E-state index in [1.54, 1.807) is 24.3 Å². The number of anilines is 1. The first-order valence-electron chi connectivity index (χ1n) is 7.93. The molecule has 1 atom stereocenters. The Labute approximate surface area is 139 Å². The molecule has 0 amide bonds. The van der Waals surface area contributed by atoms with Gasteiger partial charge in [-0.3, -0.25) is 0 Å². The fourth-order valence-corrected chi connectivity index (χ4v) is 3.07. The number of halogens is 1. The average Bonchev–Trinajstić information content (AvgIpc) is 3.19. The van der Waals surface area contributed by atoms with E-state index in [9.17, 15) is 9.50 Å². The second-order valence-electron chi connectivity index (χ2n) is 5.95. The summed E-state index contributed by atoms with van der Waals surface area (Å²) in [7, 11) is 0. The summed E-state index contributed by atoms with van der Waals surface area (Å²) < 4.78 is 29.6. The molecule has 0 saturated heterocycles. The van der Waals surface area contributed by atoms with E-state index in [1.165, 1.54) is 12.1 Å². The lowest BCUT2D eigenvalue weighted by molar-refractivity contribution is 0.112. The fourth-order valence-electron chi connectivity index (χ4n) is 3.07. The fraction of sp³-hybridized carbons (Fsp3) is 0.333. The van der Waals surface area contributed by atoms with Crippen molar-refractivity contribution in [2.75, 3.05) is 31.4 Å². The van der Waals surface area contributed by atoms with Crippen LogP contribution in [0.3, 0.4) is 0 Å². The molecule has 2 aliphatic heterocycles. The average molecular weight is 331 g/mol. The molecule has 24 heavy (non-hydrogen) atoms. The van der Waals surface area contributed by atoms with Gasteiger partial charge >= 0.3 is 0 Å². The van der Waals surface area contributed by atoms with Crippen molar-refractivity contribution in [3.05, 3.63) is 47.8 Å². The molecule has 2 aromatic rings. The molecule has 2 aliphatic rings. The molecule has 0 saturated carbocycles. The third-order valence-corrected chi connectivity index (χ3v) is 4.26. The second kappa shape index (κ2) is 6.20. The maximum absolute atomic E-state index is 13.4. The van der Waals surface area contributed by atoms with E-state index in [2.05, 4.69) is 0 Å². The van der Waals surface area contributed by atoms with Gasteiger partial charge in [0.1, 0.15) is 24.3 Å². The van der Waals surface area contributed by atoms with E-state index >= 15 is 0 Å².